The monoisotopic (exact) mass is 220 g/mol. The van der Waals surface area contributed by atoms with Gasteiger partial charge in [-0.1, -0.05) is 11.6 Å². The Morgan fingerprint density at radius 1 is 1.07 bits per heavy atom. The largest absolute Gasteiger partial charge is 0.439 e. The second-order valence-corrected chi connectivity index (χ2v) is 3.42. The van der Waals surface area contributed by atoms with E-state index in [0.29, 0.717) is 22.3 Å². The van der Waals surface area contributed by atoms with Crippen LogP contribution < -0.4 is 10.5 Å². The van der Waals surface area contributed by atoms with Crippen LogP contribution in [0.25, 0.3) is 0 Å². The van der Waals surface area contributed by atoms with Crippen molar-refractivity contribution in [2.75, 3.05) is 5.73 Å². The van der Waals surface area contributed by atoms with Gasteiger partial charge in [-0.3, -0.25) is 0 Å². The number of benzene rings is 1. The third-order valence-electron chi connectivity index (χ3n) is 1.80. The number of nitrogen functional groups attached to an aromatic ring is 1. The minimum Gasteiger partial charge on any atom is -0.439 e. The Labute approximate surface area is 92.5 Å². The molecule has 15 heavy (non-hydrogen) atoms. The van der Waals surface area contributed by atoms with Crippen LogP contribution >= 0.6 is 11.6 Å². The normalized spacial score (nSPS) is 9.93. The fraction of sp³-hybridized carbons (Fsp3) is 0. The summed E-state index contributed by atoms with van der Waals surface area (Å²) in [7, 11) is 0. The van der Waals surface area contributed by atoms with Gasteiger partial charge >= 0.3 is 0 Å². The Kier molecular flexibility index (Phi) is 2.74. The van der Waals surface area contributed by atoms with Crippen LogP contribution in [0.15, 0.2) is 42.6 Å². The maximum Gasteiger partial charge on any atom is 0.219 e. The summed E-state index contributed by atoms with van der Waals surface area (Å²) < 4.78 is 5.46. The molecule has 4 heteroatoms. The molecule has 1 aromatic carbocycles. The number of anilines is 1. The molecule has 76 valence electrons. The van der Waals surface area contributed by atoms with Crippen LogP contribution in [0.2, 0.25) is 5.02 Å². The van der Waals surface area contributed by atoms with Gasteiger partial charge in [-0.2, -0.15) is 0 Å². The van der Waals surface area contributed by atoms with Gasteiger partial charge < -0.3 is 10.5 Å². The molecule has 0 saturated carbocycles. The molecule has 0 aliphatic heterocycles. The van der Waals surface area contributed by atoms with Crippen molar-refractivity contribution in [3.8, 4) is 11.6 Å². The van der Waals surface area contributed by atoms with E-state index in [9.17, 15) is 0 Å². The zero-order valence-electron chi connectivity index (χ0n) is 7.85. The van der Waals surface area contributed by atoms with E-state index < -0.39 is 0 Å². The summed E-state index contributed by atoms with van der Waals surface area (Å²) >= 11 is 5.70. The zero-order valence-corrected chi connectivity index (χ0v) is 8.61. The quantitative estimate of drug-likeness (QED) is 0.792. The number of ether oxygens (including phenoxy) is 1. The molecule has 2 N–H and O–H groups in total. The standard InChI is InChI=1S/C11H9ClN2O/c12-8-1-6-11(14-7-8)15-10-4-2-9(13)3-5-10/h1-7H,13H2. The van der Waals surface area contributed by atoms with Crippen molar-refractivity contribution in [3.05, 3.63) is 47.6 Å². The van der Waals surface area contributed by atoms with E-state index in [1.807, 2.05) is 0 Å². The summed E-state index contributed by atoms with van der Waals surface area (Å²) in [5.41, 5.74) is 6.25. The zero-order chi connectivity index (χ0) is 10.7. The van der Waals surface area contributed by atoms with Crippen molar-refractivity contribution in [2.24, 2.45) is 0 Å². The number of aromatic nitrogens is 1. The number of hydrogen-bond acceptors (Lipinski definition) is 3. The van der Waals surface area contributed by atoms with Crippen molar-refractivity contribution in [2.45, 2.75) is 0 Å². The van der Waals surface area contributed by atoms with E-state index in [2.05, 4.69) is 4.98 Å². The first-order chi connectivity index (χ1) is 7.24. The van der Waals surface area contributed by atoms with Gasteiger partial charge in [-0.15, -0.1) is 0 Å². The van der Waals surface area contributed by atoms with E-state index in [1.54, 1.807) is 36.4 Å². The molecule has 0 saturated heterocycles. The first kappa shape index (κ1) is 9.80. The molecule has 0 fully saturated rings. The summed E-state index contributed by atoms with van der Waals surface area (Å²) in [6.45, 7) is 0. The number of nitrogens with two attached hydrogens (primary N) is 1. The van der Waals surface area contributed by atoms with Gasteiger partial charge in [-0.25, -0.2) is 4.98 Å². The highest BCUT2D eigenvalue weighted by Crippen LogP contribution is 2.21. The van der Waals surface area contributed by atoms with Gasteiger partial charge in [0, 0.05) is 18.0 Å². The lowest BCUT2D eigenvalue weighted by atomic mass is 10.3. The van der Waals surface area contributed by atoms with Crippen LogP contribution in [0.1, 0.15) is 0 Å². The Bertz CT molecular complexity index is 396. The van der Waals surface area contributed by atoms with Crippen LogP contribution in [-0.4, -0.2) is 4.98 Å². The van der Waals surface area contributed by atoms with Crippen LogP contribution in [0.5, 0.6) is 11.6 Å². The van der Waals surface area contributed by atoms with E-state index >= 15 is 0 Å². The first-order valence-electron chi connectivity index (χ1n) is 4.39. The van der Waals surface area contributed by atoms with Crippen LogP contribution in [0, 0.1) is 0 Å². The lowest BCUT2D eigenvalue weighted by Gasteiger charge is -2.04. The molecule has 1 aromatic heterocycles. The Balaban J connectivity index is 2.15. The molecule has 0 spiro atoms. The summed E-state index contributed by atoms with van der Waals surface area (Å²) in [6.07, 6.45) is 1.54. The average Bonchev–Trinajstić information content (AvgIpc) is 2.25. The number of hydrogen-bond donors (Lipinski definition) is 1. The molecule has 0 amide bonds. The summed E-state index contributed by atoms with van der Waals surface area (Å²) in [4.78, 5) is 4.01. The smallest absolute Gasteiger partial charge is 0.219 e. The Hall–Kier alpha value is -1.74. The fourth-order valence-corrected chi connectivity index (χ4v) is 1.19. The predicted molar refractivity (Wildman–Crippen MR) is 60.2 cm³/mol. The lowest BCUT2D eigenvalue weighted by molar-refractivity contribution is 0.463. The molecular formula is C11H9ClN2O. The van der Waals surface area contributed by atoms with Crippen molar-refractivity contribution >= 4 is 17.3 Å². The van der Waals surface area contributed by atoms with Crippen LogP contribution in [-0.2, 0) is 0 Å². The van der Waals surface area contributed by atoms with Crippen LogP contribution in [0.3, 0.4) is 0 Å². The molecule has 2 aromatic rings. The summed E-state index contributed by atoms with van der Waals surface area (Å²) in [5.74, 6) is 1.20. The second-order valence-electron chi connectivity index (χ2n) is 2.99. The third-order valence-corrected chi connectivity index (χ3v) is 2.03. The number of nitrogens with zero attached hydrogens (tertiary/aromatic N) is 1. The molecule has 0 unspecified atom stereocenters. The van der Waals surface area contributed by atoms with Gasteiger partial charge in [0.1, 0.15) is 5.75 Å². The first-order valence-corrected chi connectivity index (χ1v) is 4.77. The molecule has 1 heterocycles. The van der Waals surface area contributed by atoms with Crippen LogP contribution in [0.4, 0.5) is 5.69 Å². The highest BCUT2D eigenvalue weighted by molar-refractivity contribution is 6.30. The Morgan fingerprint density at radius 2 is 1.80 bits per heavy atom. The molecule has 2 rings (SSSR count). The summed E-state index contributed by atoms with van der Waals surface area (Å²) in [6, 6.07) is 10.5. The summed E-state index contributed by atoms with van der Waals surface area (Å²) in [5, 5.41) is 0.583. The highest BCUT2D eigenvalue weighted by atomic mass is 35.5. The van der Waals surface area contributed by atoms with Gasteiger partial charge in [0.2, 0.25) is 5.88 Å². The molecule has 0 aliphatic carbocycles. The second kappa shape index (κ2) is 4.19. The topological polar surface area (TPSA) is 48.1 Å². The predicted octanol–water partition coefficient (Wildman–Crippen LogP) is 3.11. The van der Waals surface area contributed by atoms with Crippen molar-refractivity contribution < 1.29 is 4.74 Å². The molecule has 3 nitrogen and oxygen atoms in total. The highest BCUT2D eigenvalue weighted by Gasteiger charge is 1.97. The molecular weight excluding hydrogens is 212 g/mol. The minimum atomic E-state index is 0.504. The van der Waals surface area contributed by atoms with E-state index in [-0.39, 0.29) is 0 Å². The Morgan fingerprint density at radius 3 is 2.40 bits per heavy atom. The van der Waals surface area contributed by atoms with Crippen molar-refractivity contribution in [1.29, 1.82) is 0 Å². The molecule has 0 bridgehead atoms. The fourth-order valence-electron chi connectivity index (χ4n) is 1.08. The van der Waals surface area contributed by atoms with Gasteiger partial charge in [-0.05, 0) is 30.3 Å². The van der Waals surface area contributed by atoms with E-state index in [4.69, 9.17) is 22.1 Å². The maximum atomic E-state index is 5.70. The van der Waals surface area contributed by atoms with Gasteiger partial charge in [0.05, 0.1) is 5.02 Å². The van der Waals surface area contributed by atoms with Crippen molar-refractivity contribution in [1.82, 2.24) is 4.98 Å². The number of pyridine rings is 1. The molecule has 0 atom stereocenters. The van der Waals surface area contributed by atoms with Gasteiger partial charge in [0.25, 0.3) is 0 Å². The average molecular weight is 221 g/mol. The van der Waals surface area contributed by atoms with Crippen molar-refractivity contribution in [3.63, 3.8) is 0 Å². The molecule has 0 radical (unpaired) electrons. The minimum absolute atomic E-state index is 0.504. The number of halogens is 1. The van der Waals surface area contributed by atoms with E-state index in [0.717, 1.165) is 0 Å². The van der Waals surface area contributed by atoms with Gasteiger partial charge in [0.15, 0.2) is 0 Å². The molecule has 0 aliphatic rings. The lowest BCUT2D eigenvalue weighted by Crippen LogP contribution is -1.88. The van der Waals surface area contributed by atoms with E-state index in [1.165, 1.54) is 6.20 Å². The maximum absolute atomic E-state index is 5.70. The number of rotatable bonds is 2. The third kappa shape index (κ3) is 2.60. The SMILES string of the molecule is Nc1ccc(Oc2ccc(Cl)cn2)cc1.